The van der Waals surface area contributed by atoms with Crippen LogP contribution in [0.2, 0.25) is 0 Å². The summed E-state index contributed by atoms with van der Waals surface area (Å²) < 4.78 is 2.33. The van der Waals surface area contributed by atoms with Crippen LogP contribution < -0.4 is 0 Å². The molecule has 1 aliphatic heterocycles. The number of aryl methyl sites for hydroxylation is 2. The summed E-state index contributed by atoms with van der Waals surface area (Å²) in [6.45, 7) is 15.6. The average Bonchev–Trinajstić information content (AvgIpc) is 3.54. The van der Waals surface area contributed by atoms with Gasteiger partial charge in [0, 0.05) is 38.3 Å². The van der Waals surface area contributed by atoms with Crippen molar-refractivity contribution in [2.24, 2.45) is 0 Å². The Balaban J connectivity index is 0.00000413. The van der Waals surface area contributed by atoms with Gasteiger partial charge in [-0.25, -0.2) is 4.98 Å². The van der Waals surface area contributed by atoms with Crippen molar-refractivity contribution in [1.82, 2.24) is 14.5 Å². The number of benzene rings is 6. The largest absolute Gasteiger partial charge is 0.507 e. The summed E-state index contributed by atoms with van der Waals surface area (Å²) in [6.07, 6.45) is 1.99. The van der Waals surface area contributed by atoms with Crippen molar-refractivity contribution in [1.29, 1.82) is 0 Å². The smallest absolute Gasteiger partial charge is 0.145 e. The molecule has 9 rings (SSSR count). The Hall–Kier alpha value is -5.31. The molecular formula is C49H42N3OPt-. The van der Waals surface area contributed by atoms with Crippen LogP contribution in [0.15, 0.2) is 121 Å². The Morgan fingerprint density at radius 2 is 1.43 bits per heavy atom. The van der Waals surface area contributed by atoms with E-state index in [0.717, 1.165) is 72.3 Å². The Labute approximate surface area is 331 Å². The fourth-order valence-corrected chi connectivity index (χ4v) is 8.39. The molecule has 4 nitrogen and oxygen atoms in total. The number of aromatic hydroxyl groups is 1. The first-order valence-electron chi connectivity index (χ1n) is 18.4. The summed E-state index contributed by atoms with van der Waals surface area (Å²) in [4.78, 5) is 10.5. The Kier molecular flexibility index (Phi) is 8.54. The molecule has 0 aliphatic carbocycles. The van der Waals surface area contributed by atoms with E-state index < -0.39 is 5.54 Å². The van der Waals surface area contributed by atoms with E-state index in [4.69, 9.17) is 9.97 Å². The summed E-state index contributed by atoms with van der Waals surface area (Å²) in [5.41, 5.74) is 15.3. The van der Waals surface area contributed by atoms with Gasteiger partial charge in [0.25, 0.3) is 0 Å². The van der Waals surface area contributed by atoms with Crippen LogP contribution in [0, 0.1) is 19.9 Å². The number of phenolic OH excluding ortho intramolecular Hbond substituents is 1. The molecule has 0 spiro atoms. The maximum atomic E-state index is 11.5. The second-order valence-corrected chi connectivity index (χ2v) is 16.1. The molecule has 8 aromatic rings. The molecule has 0 radical (unpaired) electrons. The fraction of sp³-hybridized carbons (Fsp3) is 0.184. The quantitative estimate of drug-likeness (QED) is 0.179. The SMILES string of the molecule is Cc1cccc(C)c1-c1ccc(-c2[c-]c(-c3cc(-c4ccccc4)cc4c3nc3n4C(C)(C)c4cccc5ccc(O)c-3c45)cc(C(C)(C)C)c2)nc1.[Pt]. The molecule has 3 heterocycles. The molecule has 1 N–H and O–H groups in total. The average molecular weight is 884 g/mol. The van der Waals surface area contributed by atoms with Crippen LogP contribution in [0.25, 0.3) is 77.8 Å². The van der Waals surface area contributed by atoms with Crippen molar-refractivity contribution in [3.05, 3.63) is 150 Å². The van der Waals surface area contributed by atoms with Crippen LogP contribution in [0.4, 0.5) is 0 Å². The van der Waals surface area contributed by atoms with Crippen molar-refractivity contribution in [3.8, 4) is 61.8 Å². The monoisotopic (exact) mass is 883 g/mol. The molecule has 0 saturated carbocycles. The number of aromatic nitrogens is 3. The van der Waals surface area contributed by atoms with Gasteiger partial charge < -0.3 is 9.67 Å². The number of imidazole rings is 1. The van der Waals surface area contributed by atoms with E-state index in [1.54, 1.807) is 6.07 Å². The molecule has 0 unspecified atom stereocenters. The maximum Gasteiger partial charge on any atom is 0.145 e. The third-order valence-corrected chi connectivity index (χ3v) is 11.2. The standard InChI is InChI=1S/C49H42N3O.Pt/c1-29-13-11-14-30(2)43(29)33-19-21-40(50-28-33)36-23-35(24-37(25-36)48(3,4)5)38-26-34(31-15-9-8-10-16-31)27-41-46(38)51-47-45-42(53)22-20-32-17-12-18-39(44(32)45)49(6,7)52(41)47;/h8-22,24-28,53H,1-7H3;/q-1;. The summed E-state index contributed by atoms with van der Waals surface area (Å²) in [5.74, 6) is 1.01. The minimum atomic E-state index is -0.444. The second kappa shape index (κ2) is 12.9. The number of fused-ring (bicyclic) bond motifs is 4. The normalized spacial score (nSPS) is 13.2. The third kappa shape index (κ3) is 5.62. The maximum absolute atomic E-state index is 11.5. The zero-order valence-corrected chi connectivity index (χ0v) is 33.9. The number of pyridine rings is 1. The zero-order chi connectivity index (χ0) is 36.8. The summed E-state index contributed by atoms with van der Waals surface area (Å²) in [7, 11) is 0. The first-order valence-corrected chi connectivity index (χ1v) is 18.4. The fourth-order valence-electron chi connectivity index (χ4n) is 8.39. The predicted octanol–water partition coefficient (Wildman–Crippen LogP) is 12.4. The molecule has 0 bridgehead atoms. The molecule has 0 fully saturated rings. The minimum absolute atomic E-state index is 0. The van der Waals surface area contributed by atoms with Crippen LogP contribution in [-0.4, -0.2) is 19.6 Å². The molecule has 0 saturated heterocycles. The van der Waals surface area contributed by atoms with Gasteiger partial charge in [0.2, 0.25) is 0 Å². The number of hydrogen-bond acceptors (Lipinski definition) is 3. The predicted molar refractivity (Wildman–Crippen MR) is 219 cm³/mol. The van der Waals surface area contributed by atoms with Gasteiger partial charge in [-0.1, -0.05) is 123 Å². The summed E-state index contributed by atoms with van der Waals surface area (Å²) >= 11 is 0. The molecule has 270 valence electrons. The van der Waals surface area contributed by atoms with E-state index in [1.165, 1.54) is 27.8 Å². The summed E-state index contributed by atoms with van der Waals surface area (Å²) in [5, 5.41) is 13.6. The van der Waals surface area contributed by atoms with Gasteiger partial charge in [-0.3, -0.25) is 4.98 Å². The third-order valence-electron chi connectivity index (χ3n) is 11.2. The van der Waals surface area contributed by atoms with E-state index in [-0.39, 0.29) is 32.2 Å². The van der Waals surface area contributed by atoms with Gasteiger partial charge in [-0.05, 0) is 89.6 Å². The van der Waals surface area contributed by atoms with E-state index in [9.17, 15) is 5.11 Å². The molecule has 2 aromatic heterocycles. The number of phenols is 1. The van der Waals surface area contributed by atoms with E-state index in [2.05, 4.69) is 162 Å². The summed E-state index contributed by atoms with van der Waals surface area (Å²) in [6, 6.07) is 44.3. The van der Waals surface area contributed by atoms with Gasteiger partial charge in [0.1, 0.15) is 11.6 Å². The van der Waals surface area contributed by atoms with Crippen molar-refractivity contribution >= 4 is 21.8 Å². The van der Waals surface area contributed by atoms with Crippen LogP contribution in [0.3, 0.4) is 0 Å². The van der Waals surface area contributed by atoms with Gasteiger partial charge in [-0.15, -0.1) is 29.3 Å². The van der Waals surface area contributed by atoms with Crippen LogP contribution in [0.1, 0.15) is 56.9 Å². The van der Waals surface area contributed by atoms with Crippen molar-refractivity contribution in [3.63, 3.8) is 0 Å². The Morgan fingerprint density at radius 1 is 0.704 bits per heavy atom. The molecule has 5 heteroatoms. The first-order chi connectivity index (χ1) is 25.4. The van der Waals surface area contributed by atoms with Crippen molar-refractivity contribution in [2.75, 3.05) is 0 Å². The van der Waals surface area contributed by atoms with Crippen LogP contribution >= 0.6 is 0 Å². The second-order valence-electron chi connectivity index (χ2n) is 16.1. The van der Waals surface area contributed by atoms with Crippen LogP contribution in [0.5, 0.6) is 5.75 Å². The number of rotatable bonds is 4. The van der Waals surface area contributed by atoms with Gasteiger partial charge in [0.15, 0.2) is 0 Å². The van der Waals surface area contributed by atoms with E-state index in [0.29, 0.717) is 0 Å². The van der Waals surface area contributed by atoms with Gasteiger partial charge >= 0.3 is 0 Å². The number of hydrogen-bond donors (Lipinski definition) is 1. The van der Waals surface area contributed by atoms with Crippen molar-refractivity contribution < 1.29 is 26.2 Å². The molecule has 0 atom stereocenters. The molecule has 0 amide bonds. The minimum Gasteiger partial charge on any atom is -0.507 e. The van der Waals surface area contributed by atoms with Crippen LogP contribution in [-0.2, 0) is 32.0 Å². The first kappa shape index (κ1) is 35.7. The van der Waals surface area contributed by atoms with Crippen molar-refractivity contribution in [2.45, 2.75) is 59.4 Å². The van der Waals surface area contributed by atoms with E-state index >= 15 is 0 Å². The molecule has 6 aromatic carbocycles. The van der Waals surface area contributed by atoms with E-state index in [1.807, 2.05) is 12.3 Å². The molecule has 1 aliphatic rings. The topological polar surface area (TPSA) is 50.9 Å². The van der Waals surface area contributed by atoms with Gasteiger partial charge in [0.05, 0.1) is 22.1 Å². The Bertz CT molecular complexity index is 2730. The molecular weight excluding hydrogens is 842 g/mol. The molecule has 54 heavy (non-hydrogen) atoms. The number of nitrogens with zero attached hydrogens (tertiary/aromatic N) is 3. The van der Waals surface area contributed by atoms with Gasteiger partial charge in [-0.2, -0.15) is 0 Å². The Morgan fingerprint density at radius 3 is 2.13 bits per heavy atom. The zero-order valence-electron chi connectivity index (χ0n) is 31.7.